The van der Waals surface area contributed by atoms with E-state index in [-0.39, 0.29) is 22.6 Å². The molecule has 25 heavy (non-hydrogen) atoms. The van der Waals surface area contributed by atoms with Gasteiger partial charge in [-0.3, -0.25) is 14.9 Å². The number of fused-ring (bicyclic) bond motifs is 1. The molecule has 0 spiro atoms. The molecule has 1 aromatic rings. The number of rotatable bonds is 3. The first-order valence-electron chi connectivity index (χ1n) is 7.02. The van der Waals surface area contributed by atoms with Gasteiger partial charge in [-0.1, -0.05) is 0 Å². The van der Waals surface area contributed by atoms with Crippen LogP contribution in [-0.4, -0.2) is 42.9 Å². The fraction of sp³-hybridized carbons (Fsp3) is 0.133. The Labute approximate surface area is 146 Å². The van der Waals surface area contributed by atoms with E-state index in [4.69, 9.17) is 4.74 Å². The maximum absolute atomic E-state index is 11.7. The lowest BCUT2D eigenvalue weighted by Gasteiger charge is -2.17. The summed E-state index contributed by atoms with van der Waals surface area (Å²) in [6.07, 6.45) is 2.54. The van der Waals surface area contributed by atoms with Gasteiger partial charge in [0.15, 0.2) is 11.8 Å². The summed E-state index contributed by atoms with van der Waals surface area (Å²) < 4.78 is 9.73. The number of nitrogens with one attached hydrogen (secondary N) is 2. The van der Waals surface area contributed by atoms with E-state index in [1.165, 1.54) is 13.3 Å². The number of anilines is 1. The Balaban J connectivity index is 1.69. The van der Waals surface area contributed by atoms with E-state index >= 15 is 0 Å². The molecule has 2 N–H and O–H groups in total. The average Bonchev–Trinajstić information content (AvgIpc) is 2.94. The van der Waals surface area contributed by atoms with Gasteiger partial charge < -0.3 is 14.8 Å². The molecular formula is C15H12N4O5S. The first-order valence-corrected chi connectivity index (χ1v) is 7.83. The molecular weight excluding hydrogens is 348 g/mol. The van der Waals surface area contributed by atoms with Crippen molar-refractivity contribution < 1.29 is 23.9 Å². The molecule has 10 heteroatoms. The molecule has 128 valence electrons. The second-order valence-electron chi connectivity index (χ2n) is 4.83. The van der Waals surface area contributed by atoms with Crippen LogP contribution in [0.2, 0.25) is 0 Å². The van der Waals surface area contributed by atoms with Crippen molar-refractivity contribution in [3.05, 3.63) is 34.7 Å². The van der Waals surface area contributed by atoms with Gasteiger partial charge in [0, 0.05) is 6.08 Å². The van der Waals surface area contributed by atoms with E-state index in [2.05, 4.69) is 25.6 Å². The Morgan fingerprint density at radius 2 is 2.20 bits per heavy atom. The van der Waals surface area contributed by atoms with Crippen molar-refractivity contribution in [2.24, 2.45) is 10.2 Å². The molecule has 2 amide bonds. The van der Waals surface area contributed by atoms with Crippen LogP contribution in [0.4, 0.5) is 5.69 Å². The van der Waals surface area contributed by atoms with Crippen molar-refractivity contribution in [1.82, 2.24) is 5.32 Å². The number of carbonyl (C=O) groups is 3. The van der Waals surface area contributed by atoms with Gasteiger partial charge >= 0.3 is 5.97 Å². The summed E-state index contributed by atoms with van der Waals surface area (Å²) in [5, 5.41) is 13.2. The highest BCUT2D eigenvalue weighted by molar-refractivity contribution is 8.18. The lowest BCUT2D eigenvalue weighted by molar-refractivity contribution is -0.135. The van der Waals surface area contributed by atoms with Crippen molar-refractivity contribution in [2.45, 2.75) is 0 Å². The number of thioether (sulfide) groups is 1. The van der Waals surface area contributed by atoms with Gasteiger partial charge in [-0.05, 0) is 35.5 Å². The molecule has 0 saturated carbocycles. The molecule has 0 atom stereocenters. The number of amidine groups is 1. The second kappa shape index (κ2) is 7.18. The monoisotopic (exact) mass is 360 g/mol. The molecule has 2 aliphatic rings. The summed E-state index contributed by atoms with van der Waals surface area (Å²) in [4.78, 5) is 34.3. The van der Waals surface area contributed by atoms with Gasteiger partial charge in [0.25, 0.3) is 11.8 Å². The third-order valence-electron chi connectivity index (χ3n) is 3.09. The minimum Gasteiger partial charge on any atom is -0.482 e. The quantitative estimate of drug-likeness (QED) is 0.353. The number of hydrogen-bond acceptors (Lipinski definition) is 8. The molecule has 0 aromatic heterocycles. The Morgan fingerprint density at radius 3 is 3.00 bits per heavy atom. The van der Waals surface area contributed by atoms with Crippen LogP contribution >= 0.6 is 11.8 Å². The van der Waals surface area contributed by atoms with Gasteiger partial charge in [0.1, 0.15) is 5.75 Å². The lowest BCUT2D eigenvalue weighted by Crippen LogP contribution is -2.25. The maximum atomic E-state index is 11.7. The SMILES string of the molecule is COC(=O)/C=C1/S/C(=N\N=Cc2ccc3c(c2)NC(=O)CO3)NC1=O. The van der Waals surface area contributed by atoms with E-state index in [9.17, 15) is 14.4 Å². The van der Waals surface area contributed by atoms with Crippen LogP contribution in [0.25, 0.3) is 0 Å². The fourth-order valence-corrected chi connectivity index (χ4v) is 2.71. The summed E-state index contributed by atoms with van der Waals surface area (Å²) >= 11 is 0.980. The van der Waals surface area contributed by atoms with Crippen molar-refractivity contribution in [3.63, 3.8) is 0 Å². The number of methoxy groups -OCH3 is 1. The van der Waals surface area contributed by atoms with Crippen LogP contribution in [0.15, 0.2) is 39.4 Å². The molecule has 0 bridgehead atoms. The number of benzene rings is 1. The first kappa shape index (κ1) is 16.7. The van der Waals surface area contributed by atoms with E-state index in [0.29, 0.717) is 17.0 Å². The highest BCUT2D eigenvalue weighted by Crippen LogP contribution is 2.28. The average molecular weight is 360 g/mol. The number of hydrogen-bond donors (Lipinski definition) is 2. The molecule has 1 fully saturated rings. The molecule has 9 nitrogen and oxygen atoms in total. The van der Waals surface area contributed by atoms with Crippen LogP contribution in [0.5, 0.6) is 5.75 Å². The summed E-state index contributed by atoms with van der Waals surface area (Å²) in [7, 11) is 1.22. The zero-order valence-electron chi connectivity index (χ0n) is 12.9. The summed E-state index contributed by atoms with van der Waals surface area (Å²) in [5.74, 6) is -0.713. The molecule has 0 unspecified atom stereocenters. The number of esters is 1. The lowest BCUT2D eigenvalue weighted by atomic mass is 10.2. The summed E-state index contributed by atoms with van der Waals surface area (Å²) in [6, 6.07) is 5.16. The normalized spacial score (nSPS) is 19.6. The van der Waals surface area contributed by atoms with E-state index < -0.39 is 11.9 Å². The van der Waals surface area contributed by atoms with Crippen molar-refractivity contribution in [3.8, 4) is 5.75 Å². The van der Waals surface area contributed by atoms with Crippen molar-refractivity contribution in [1.29, 1.82) is 0 Å². The zero-order valence-corrected chi connectivity index (χ0v) is 13.8. The minimum atomic E-state index is -0.624. The summed E-state index contributed by atoms with van der Waals surface area (Å²) in [5.41, 5.74) is 1.24. The minimum absolute atomic E-state index is 0.00750. The molecule has 1 saturated heterocycles. The Bertz CT molecular complexity index is 846. The Kier molecular flexibility index (Phi) is 4.80. The maximum Gasteiger partial charge on any atom is 0.331 e. The summed E-state index contributed by atoms with van der Waals surface area (Å²) in [6.45, 7) is -0.00750. The number of ether oxygens (including phenoxy) is 2. The molecule has 0 aliphatic carbocycles. The van der Waals surface area contributed by atoms with E-state index in [1.54, 1.807) is 18.2 Å². The molecule has 2 heterocycles. The molecule has 3 rings (SSSR count). The first-order chi connectivity index (χ1) is 12.0. The molecule has 0 radical (unpaired) electrons. The van der Waals surface area contributed by atoms with Gasteiger partial charge in [-0.2, -0.15) is 5.10 Å². The molecule has 2 aliphatic heterocycles. The van der Waals surface area contributed by atoms with Crippen LogP contribution < -0.4 is 15.4 Å². The largest absolute Gasteiger partial charge is 0.482 e. The smallest absolute Gasteiger partial charge is 0.331 e. The van der Waals surface area contributed by atoms with E-state index in [1.807, 2.05) is 0 Å². The van der Waals surface area contributed by atoms with E-state index in [0.717, 1.165) is 17.8 Å². The highest BCUT2D eigenvalue weighted by Gasteiger charge is 2.25. The van der Waals surface area contributed by atoms with Gasteiger partial charge in [-0.15, -0.1) is 5.10 Å². The van der Waals surface area contributed by atoms with Crippen molar-refractivity contribution in [2.75, 3.05) is 19.0 Å². The third-order valence-corrected chi connectivity index (χ3v) is 3.99. The zero-order chi connectivity index (χ0) is 17.8. The van der Waals surface area contributed by atoms with Gasteiger partial charge in [0.05, 0.1) is 23.9 Å². The highest BCUT2D eigenvalue weighted by atomic mass is 32.2. The van der Waals surface area contributed by atoms with Gasteiger partial charge in [-0.25, -0.2) is 4.79 Å². The third kappa shape index (κ3) is 4.04. The van der Waals surface area contributed by atoms with Crippen LogP contribution in [-0.2, 0) is 19.1 Å². The van der Waals surface area contributed by atoms with Crippen molar-refractivity contribution >= 4 is 46.6 Å². The topological polar surface area (TPSA) is 118 Å². The number of amides is 2. The van der Waals surface area contributed by atoms with Crippen LogP contribution in [0, 0.1) is 0 Å². The predicted molar refractivity (Wildman–Crippen MR) is 91.4 cm³/mol. The number of carbonyl (C=O) groups excluding carboxylic acids is 3. The van der Waals surface area contributed by atoms with Gasteiger partial charge in [0.2, 0.25) is 0 Å². The standard InChI is InChI=1S/C15H12N4O5S/c1-23-13(21)5-11-14(22)18-15(25-11)19-16-6-8-2-3-10-9(4-8)17-12(20)7-24-10/h2-6H,7H2,1H3,(H,17,20)(H,18,19,22)/b11-5+,16-6?. The second-order valence-corrected chi connectivity index (χ2v) is 5.86. The predicted octanol–water partition coefficient (Wildman–Crippen LogP) is 0.627. The number of nitrogens with zero attached hydrogens (tertiary/aromatic N) is 2. The van der Waals surface area contributed by atoms with Crippen LogP contribution in [0.1, 0.15) is 5.56 Å². The Hall–Kier alpha value is -3.14. The molecule has 1 aromatic carbocycles. The fourth-order valence-electron chi connectivity index (χ4n) is 1.97. The Morgan fingerprint density at radius 1 is 1.36 bits per heavy atom. The van der Waals surface area contributed by atoms with Crippen LogP contribution in [0.3, 0.4) is 0 Å².